The van der Waals surface area contributed by atoms with Crippen molar-refractivity contribution in [3.05, 3.63) is 29.8 Å². The Morgan fingerprint density at radius 2 is 2.12 bits per heavy atom. The van der Waals surface area contributed by atoms with Crippen LogP contribution in [-0.2, 0) is 16.0 Å². The molecule has 0 atom stereocenters. The predicted molar refractivity (Wildman–Crippen MR) is 65.5 cm³/mol. The second-order valence-electron chi connectivity index (χ2n) is 3.64. The van der Waals surface area contributed by atoms with Gasteiger partial charge in [-0.05, 0) is 24.1 Å². The minimum absolute atomic E-state index is 0.184. The minimum Gasteiger partial charge on any atom is -0.469 e. The lowest BCUT2D eigenvalue weighted by molar-refractivity contribution is -0.140. The van der Waals surface area contributed by atoms with Crippen LogP contribution in [0.4, 0.5) is 5.69 Å². The summed E-state index contributed by atoms with van der Waals surface area (Å²) in [5, 5.41) is 11.7. The number of ether oxygens (including phenoxy) is 1. The summed E-state index contributed by atoms with van der Waals surface area (Å²) in [5.74, 6) is -0.184. The van der Waals surface area contributed by atoms with Gasteiger partial charge in [-0.25, -0.2) is 0 Å². The number of hydrogen-bond acceptors (Lipinski definition) is 4. The topological polar surface area (TPSA) is 62.1 Å². The van der Waals surface area contributed by atoms with Gasteiger partial charge >= 0.3 is 5.97 Å². The van der Waals surface area contributed by atoms with Crippen molar-refractivity contribution in [2.75, 3.05) is 19.0 Å². The molecule has 90 valence electrons. The van der Waals surface area contributed by atoms with Crippen molar-refractivity contribution in [2.24, 2.45) is 0 Å². The van der Waals surface area contributed by atoms with Gasteiger partial charge in [0.05, 0.1) is 19.6 Å². The van der Waals surface area contributed by atoms with Crippen LogP contribution in [0.3, 0.4) is 0 Å². The molecule has 0 unspecified atom stereocenters. The fraction of sp³-hybridized carbons (Fsp3) is 0.385. The second kappa shape index (κ2) is 7.29. The fourth-order valence-electron chi connectivity index (χ4n) is 1.40. The third kappa shape index (κ3) is 5.03. The van der Waals surface area contributed by atoms with E-state index in [4.69, 9.17) is 5.26 Å². The van der Waals surface area contributed by atoms with E-state index in [1.807, 2.05) is 24.3 Å². The first-order valence-electron chi connectivity index (χ1n) is 5.53. The Hall–Kier alpha value is -2.02. The Labute approximate surface area is 101 Å². The number of benzene rings is 1. The van der Waals surface area contributed by atoms with E-state index in [0.717, 1.165) is 24.2 Å². The molecule has 0 amide bonds. The van der Waals surface area contributed by atoms with E-state index in [1.54, 1.807) is 0 Å². The van der Waals surface area contributed by atoms with E-state index in [-0.39, 0.29) is 5.97 Å². The first-order chi connectivity index (χ1) is 8.26. The molecule has 1 aromatic carbocycles. The average molecular weight is 232 g/mol. The van der Waals surface area contributed by atoms with E-state index < -0.39 is 0 Å². The lowest BCUT2D eigenvalue weighted by Crippen LogP contribution is -2.06. The number of nitrogens with zero attached hydrogens (tertiary/aromatic N) is 1. The molecule has 0 aromatic heterocycles. The molecule has 0 heterocycles. The van der Waals surface area contributed by atoms with E-state index >= 15 is 0 Å². The number of nitriles is 1. The highest BCUT2D eigenvalue weighted by molar-refractivity contribution is 5.69. The second-order valence-corrected chi connectivity index (χ2v) is 3.64. The van der Waals surface area contributed by atoms with Crippen LogP contribution in [0.2, 0.25) is 0 Å². The van der Waals surface area contributed by atoms with Gasteiger partial charge in [0.25, 0.3) is 0 Å². The highest BCUT2D eigenvalue weighted by Crippen LogP contribution is 2.10. The summed E-state index contributed by atoms with van der Waals surface area (Å²) in [6, 6.07) is 9.82. The normalized spacial score (nSPS) is 9.41. The first kappa shape index (κ1) is 13.0. The number of anilines is 1. The van der Waals surface area contributed by atoms with Gasteiger partial charge in [0.15, 0.2) is 0 Å². The van der Waals surface area contributed by atoms with E-state index in [2.05, 4.69) is 16.1 Å². The predicted octanol–water partition coefficient (Wildman–Crippen LogP) is 2.12. The van der Waals surface area contributed by atoms with E-state index in [0.29, 0.717) is 12.8 Å². The van der Waals surface area contributed by atoms with Gasteiger partial charge < -0.3 is 10.1 Å². The Balaban J connectivity index is 2.28. The molecular weight excluding hydrogens is 216 g/mol. The van der Waals surface area contributed by atoms with Gasteiger partial charge in [0.2, 0.25) is 0 Å². The van der Waals surface area contributed by atoms with Crippen LogP contribution in [0.5, 0.6) is 0 Å². The summed E-state index contributed by atoms with van der Waals surface area (Å²) in [6.45, 7) is 0.729. The number of nitrogens with one attached hydrogen (secondary N) is 1. The Bertz CT molecular complexity index is 393. The maximum Gasteiger partial charge on any atom is 0.305 e. The van der Waals surface area contributed by atoms with Crippen LogP contribution in [-0.4, -0.2) is 19.6 Å². The standard InChI is InChI=1S/C13H16N2O2/c1-17-13(16)3-2-10-15-12-6-4-11(5-7-12)8-9-14/h4-7,15H,2-3,8,10H2,1H3. The van der Waals surface area contributed by atoms with Crippen LogP contribution in [0.1, 0.15) is 18.4 Å². The van der Waals surface area contributed by atoms with Crippen LogP contribution in [0.15, 0.2) is 24.3 Å². The zero-order chi connectivity index (χ0) is 12.5. The molecule has 0 saturated carbocycles. The van der Waals surface area contributed by atoms with Gasteiger partial charge in [0, 0.05) is 18.7 Å². The van der Waals surface area contributed by atoms with Crippen LogP contribution < -0.4 is 5.32 Å². The minimum atomic E-state index is -0.184. The molecule has 0 spiro atoms. The third-order valence-electron chi connectivity index (χ3n) is 2.35. The highest BCUT2D eigenvalue weighted by Gasteiger charge is 1.99. The van der Waals surface area contributed by atoms with Crippen molar-refractivity contribution in [3.63, 3.8) is 0 Å². The molecule has 4 heteroatoms. The monoisotopic (exact) mass is 232 g/mol. The fourth-order valence-corrected chi connectivity index (χ4v) is 1.40. The maximum absolute atomic E-state index is 10.9. The summed E-state index contributed by atoms with van der Waals surface area (Å²) in [4.78, 5) is 10.9. The average Bonchev–Trinajstić information content (AvgIpc) is 2.36. The zero-order valence-electron chi connectivity index (χ0n) is 9.90. The summed E-state index contributed by atoms with van der Waals surface area (Å²) in [5.41, 5.74) is 2.00. The summed E-state index contributed by atoms with van der Waals surface area (Å²) in [6.07, 6.45) is 1.60. The number of hydrogen-bond donors (Lipinski definition) is 1. The van der Waals surface area contributed by atoms with E-state index in [1.165, 1.54) is 7.11 Å². The molecule has 0 aliphatic heterocycles. The molecule has 1 N–H and O–H groups in total. The summed E-state index contributed by atoms with van der Waals surface area (Å²) < 4.78 is 4.55. The number of methoxy groups -OCH3 is 1. The van der Waals surface area contributed by atoms with Gasteiger partial charge in [0.1, 0.15) is 0 Å². The van der Waals surface area contributed by atoms with Gasteiger partial charge in [-0.15, -0.1) is 0 Å². The number of carbonyl (C=O) groups is 1. The Morgan fingerprint density at radius 3 is 2.71 bits per heavy atom. The number of rotatable bonds is 6. The smallest absolute Gasteiger partial charge is 0.305 e. The SMILES string of the molecule is COC(=O)CCCNc1ccc(CC#N)cc1. The Morgan fingerprint density at radius 1 is 1.41 bits per heavy atom. The lowest BCUT2D eigenvalue weighted by atomic mass is 10.1. The zero-order valence-corrected chi connectivity index (χ0v) is 9.90. The van der Waals surface area contributed by atoms with Crippen LogP contribution in [0, 0.1) is 11.3 Å². The van der Waals surface area contributed by atoms with Crippen molar-refractivity contribution in [1.29, 1.82) is 5.26 Å². The molecule has 1 aromatic rings. The van der Waals surface area contributed by atoms with Crippen molar-refractivity contribution in [1.82, 2.24) is 0 Å². The van der Waals surface area contributed by atoms with Crippen LogP contribution >= 0.6 is 0 Å². The van der Waals surface area contributed by atoms with Gasteiger partial charge in [-0.3, -0.25) is 4.79 Å². The third-order valence-corrected chi connectivity index (χ3v) is 2.35. The van der Waals surface area contributed by atoms with Crippen LogP contribution in [0.25, 0.3) is 0 Å². The quantitative estimate of drug-likeness (QED) is 0.602. The van der Waals surface area contributed by atoms with E-state index in [9.17, 15) is 4.79 Å². The van der Waals surface area contributed by atoms with Crippen molar-refractivity contribution >= 4 is 11.7 Å². The van der Waals surface area contributed by atoms with Crippen molar-refractivity contribution < 1.29 is 9.53 Å². The molecule has 0 radical (unpaired) electrons. The molecule has 0 aliphatic carbocycles. The lowest BCUT2D eigenvalue weighted by Gasteiger charge is -2.06. The molecule has 0 fully saturated rings. The molecule has 0 aliphatic rings. The highest BCUT2D eigenvalue weighted by atomic mass is 16.5. The molecule has 1 rings (SSSR count). The first-order valence-corrected chi connectivity index (χ1v) is 5.53. The summed E-state index contributed by atoms with van der Waals surface area (Å²) in [7, 11) is 1.39. The molecule has 0 saturated heterocycles. The molecule has 17 heavy (non-hydrogen) atoms. The molecule has 4 nitrogen and oxygen atoms in total. The van der Waals surface area contributed by atoms with Gasteiger partial charge in [-0.1, -0.05) is 12.1 Å². The molecular formula is C13H16N2O2. The Kier molecular flexibility index (Phi) is 5.59. The van der Waals surface area contributed by atoms with Crippen molar-refractivity contribution in [3.8, 4) is 6.07 Å². The molecule has 0 bridgehead atoms. The largest absolute Gasteiger partial charge is 0.469 e. The number of carbonyl (C=O) groups excluding carboxylic acids is 1. The van der Waals surface area contributed by atoms with Gasteiger partial charge in [-0.2, -0.15) is 5.26 Å². The van der Waals surface area contributed by atoms with Crippen molar-refractivity contribution in [2.45, 2.75) is 19.3 Å². The number of esters is 1. The maximum atomic E-state index is 10.9. The summed E-state index contributed by atoms with van der Waals surface area (Å²) >= 11 is 0.